The number of carbonyl (C=O) groups excluding carboxylic acids is 1. The van der Waals surface area contributed by atoms with E-state index in [-0.39, 0.29) is 11.7 Å². The zero-order valence-electron chi connectivity index (χ0n) is 13.2. The van der Waals surface area contributed by atoms with Crippen LogP contribution in [0, 0.1) is 12.7 Å². The number of hydrogen-bond acceptors (Lipinski definition) is 2. The summed E-state index contributed by atoms with van der Waals surface area (Å²) in [7, 11) is 0. The average molecular weight is 312 g/mol. The fourth-order valence-electron chi connectivity index (χ4n) is 3.07. The molecule has 4 heteroatoms. The van der Waals surface area contributed by atoms with Gasteiger partial charge in [0.2, 0.25) is 0 Å². The normalized spacial score (nSPS) is 17.2. The van der Waals surface area contributed by atoms with Gasteiger partial charge in [-0.2, -0.15) is 0 Å². The third-order valence-corrected chi connectivity index (χ3v) is 4.38. The lowest BCUT2D eigenvalue weighted by molar-refractivity contribution is 0.0949. The third kappa shape index (κ3) is 3.59. The van der Waals surface area contributed by atoms with E-state index in [0.29, 0.717) is 18.0 Å². The van der Waals surface area contributed by atoms with Crippen LogP contribution in [0.25, 0.3) is 0 Å². The summed E-state index contributed by atoms with van der Waals surface area (Å²) in [6, 6.07) is 12.7. The van der Waals surface area contributed by atoms with Gasteiger partial charge in [-0.25, -0.2) is 4.39 Å². The van der Waals surface area contributed by atoms with Gasteiger partial charge in [-0.1, -0.05) is 30.3 Å². The summed E-state index contributed by atoms with van der Waals surface area (Å²) >= 11 is 0. The number of rotatable bonds is 4. The van der Waals surface area contributed by atoms with Gasteiger partial charge in [-0.15, -0.1) is 0 Å². The molecule has 1 aliphatic heterocycles. The minimum Gasteiger partial charge on any atom is -0.348 e. The molecular weight excluding hydrogens is 291 g/mol. The Bertz CT molecular complexity index is 708. The van der Waals surface area contributed by atoms with Crippen LogP contribution in [0.2, 0.25) is 0 Å². The Balaban J connectivity index is 1.72. The van der Waals surface area contributed by atoms with Crippen molar-refractivity contribution >= 4 is 5.91 Å². The van der Waals surface area contributed by atoms with Crippen LogP contribution in [0.15, 0.2) is 42.5 Å². The maximum Gasteiger partial charge on any atom is 0.251 e. The summed E-state index contributed by atoms with van der Waals surface area (Å²) < 4.78 is 13.3. The monoisotopic (exact) mass is 312 g/mol. The molecule has 2 N–H and O–H groups in total. The molecule has 1 amide bonds. The number of benzene rings is 2. The van der Waals surface area contributed by atoms with E-state index in [2.05, 4.69) is 10.6 Å². The number of carbonyl (C=O) groups is 1. The molecule has 0 aliphatic carbocycles. The van der Waals surface area contributed by atoms with E-state index in [1.165, 1.54) is 6.07 Å². The van der Waals surface area contributed by atoms with Crippen LogP contribution in [0.1, 0.15) is 39.4 Å². The Labute approximate surface area is 135 Å². The van der Waals surface area contributed by atoms with Crippen molar-refractivity contribution in [2.24, 2.45) is 0 Å². The van der Waals surface area contributed by atoms with E-state index in [9.17, 15) is 9.18 Å². The summed E-state index contributed by atoms with van der Waals surface area (Å²) in [6.07, 6.45) is 1.06. The van der Waals surface area contributed by atoms with Crippen molar-refractivity contribution in [1.29, 1.82) is 0 Å². The summed E-state index contributed by atoms with van der Waals surface area (Å²) in [5, 5.41) is 6.28. The van der Waals surface area contributed by atoms with Crippen molar-refractivity contribution < 1.29 is 9.18 Å². The molecule has 1 atom stereocenters. The zero-order valence-corrected chi connectivity index (χ0v) is 13.2. The largest absolute Gasteiger partial charge is 0.348 e. The fourth-order valence-corrected chi connectivity index (χ4v) is 3.07. The molecule has 0 saturated carbocycles. The summed E-state index contributed by atoms with van der Waals surface area (Å²) in [6.45, 7) is 4.04. The summed E-state index contributed by atoms with van der Waals surface area (Å²) in [5.74, 6) is 0.0960. The van der Waals surface area contributed by atoms with Gasteiger partial charge >= 0.3 is 0 Å². The van der Waals surface area contributed by atoms with Gasteiger partial charge in [0.25, 0.3) is 5.91 Å². The Morgan fingerprint density at radius 1 is 1.30 bits per heavy atom. The molecule has 1 heterocycles. The number of amides is 1. The minimum absolute atomic E-state index is 0.0746. The molecule has 1 fully saturated rings. The van der Waals surface area contributed by atoms with Crippen molar-refractivity contribution in [3.63, 3.8) is 0 Å². The van der Waals surface area contributed by atoms with Gasteiger partial charge in [0.15, 0.2) is 0 Å². The molecule has 2 aromatic rings. The molecule has 0 radical (unpaired) electrons. The maximum absolute atomic E-state index is 13.3. The second kappa shape index (κ2) is 6.92. The molecule has 120 valence electrons. The highest BCUT2D eigenvalue weighted by atomic mass is 19.1. The molecule has 23 heavy (non-hydrogen) atoms. The van der Waals surface area contributed by atoms with Crippen LogP contribution in [0.3, 0.4) is 0 Å². The molecule has 3 rings (SSSR count). The predicted molar refractivity (Wildman–Crippen MR) is 89.0 cm³/mol. The molecular formula is C19H21FN2O. The summed E-state index contributed by atoms with van der Waals surface area (Å²) in [4.78, 5) is 12.5. The number of aryl methyl sites for hydroxylation is 1. The molecule has 0 spiro atoms. The standard InChI is InChI=1S/C19H21FN2O/c1-13-10-14(6-7-18(13)20)11-22-19(23)17-5-3-2-4-16(17)15-8-9-21-12-15/h2-7,10,15,21H,8-9,11-12H2,1H3,(H,22,23)/t15-/m1/s1. The van der Waals surface area contributed by atoms with E-state index >= 15 is 0 Å². The molecule has 0 unspecified atom stereocenters. The molecule has 1 saturated heterocycles. The van der Waals surface area contributed by atoms with Crippen LogP contribution in [0.5, 0.6) is 0 Å². The number of halogens is 1. The first-order chi connectivity index (χ1) is 11.1. The Hall–Kier alpha value is -2.20. The Morgan fingerprint density at radius 3 is 2.87 bits per heavy atom. The second-order valence-corrected chi connectivity index (χ2v) is 6.04. The fraction of sp³-hybridized carbons (Fsp3) is 0.316. The molecule has 1 aliphatic rings. The molecule has 0 aromatic heterocycles. The smallest absolute Gasteiger partial charge is 0.251 e. The van der Waals surface area contributed by atoms with Crippen molar-refractivity contribution in [2.45, 2.75) is 25.8 Å². The lowest BCUT2D eigenvalue weighted by atomic mass is 9.93. The van der Waals surface area contributed by atoms with Crippen LogP contribution in [-0.2, 0) is 6.54 Å². The molecule has 2 aromatic carbocycles. The van der Waals surface area contributed by atoms with Crippen molar-refractivity contribution in [1.82, 2.24) is 10.6 Å². The second-order valence-electron chi connectivity index (χ2n) is 6.04. The maximum atomic E-state index is 13.3. The molecule has 3 nitrogen and oxygen atoms in total. The lowest BCUT2D eigenvalue weighted by Gasteiger charge is -2.15. The Kier molecular flexibility index (Phi) is 4.72. The summed E-state index contributed by atoms with van der Waals surface area (Å²) in [5.41, 5.74) is 3.33. The van der Waals surface area contributed by atoms with E-state index in [0.717, 1.165) is 36.2 Å². The predicted octanol–water partition coefficient (Wildman–Crippen LogP) is 3.14. The lowest BCUT2D eigenvalue weighted by Crippen LogP contribution is -2.25. The van der Waals surface area contributed by atoms with Gasteiger partial charge in [0.05, 0.1) is 0 Å². The van der Waals surface area contributed by atoms with Crippen molar-refractivity contribution in [2.75, 3.05) is 13.1 Å². The van der Waals surface area contributed by atoms with Crippen LogP contribution < -0.4 is 10.6 Å². The van der Waals surface area contributed by atoms with Gasteiger partial charge < -0.3 is 10.6 Å². The van der Waals surface area contributed by atoms with Crippen molar-refractivity contribution in [3.05, 3.63) is 70.5 Å². The van der Waals surface area contributed by atoms with Gasteiger partial charge in [0.1, 0.15) is 5.82 Å². The zero-order chi connectivity index (χ0) is 16.2. The van der Waals surface area contributed by atoms with Crippen LogP contribution >= 0.6 is 0 Å². The number of nitrogens with one attached hydrogen (secondary N) is 2. The van der Waals surface area contributed by atoms with Crippen LogP contribution in [0.4, 0.5) is 4.39 Å². The van der Waals surface area contributed by atoms with E-state index in [1.54, 1.807) is 19.1 Å². The first kappa shape index (κ1) is 15.7. The minimum atomic E-state index is -0.223. The van der Waals surface area contributed by atoms with Gasteiger partial charge in [0, 0.05) is 18.7 Å². The number of hydrogen-bond donors (Lipinski definition) is 2. The first-order valence-corrected chi connectivity index (χ1v) is 7.98. The third-order valence-electron chi connectivity index (χ3n) is 4.38. The highest BCUT2D eigenvalue weighted by Crippen LogP contribution is 2.25. The quantitative estimate of drug-likeness (QED) is 0.910. The topological polar surface area (TPSA) is 41.1 Å². The first-order valence-electron chi connectivity index (χ1n) is 7.98. The highest BCUT2D eigenvalue weighted by Gasteiger charge is 2.21. The van der Waals surface area contributed by atoms with E-state index < -0.39 is 0 Å². The molecule has 0 bridgehead atoms. The van der Waals surface area contributed by atoms with E-state index in [1.807, 2.05) is 24.3 Å². The van der Waals surface area contributed by atoms with Crippen LogP contribution in [-0.4, -0.2) is 19.0 Å². The highest BCUT2D eigenvalue weighted by molar-refractivity contribution is 5.95. The van der Waals surface area contributed by atoms with E-state index in [4.69, 9.17) is 0 Å². The average Bonchev–Trinajstić information content (AvgIpc) is 3.10. The van der Waals surface area contributed by atoms with Gasteiger partial charge in [-0.05, 0) is 54.6 Å². The Morgan fingerprint density at radius 2 is 2.13 bits per heavy atom. The van der Waals surface area contributed by atoms with Crippen molar-refractivity contribution in [3.8, 4) is 0 Å². The SMILES string of the molecule is Cc1cc(CNC(=O)c2ccccc2[C@@H]2CCNC2)ccc1F. The van der Waals surface area contributed by atoms with Gasteiger partial charge in [-0.3, -0.25) is 4.79 Å².